The van der Waals surface area contributed by atoms with Crippen LogP contribution in [0.3, 0.4) is 0 Å². The molecule has 0 aliphatic carbocycles. The molecule has 0 saturated carbocycles. The number of hydrogen-bond acceptors (Lipinski definition) is 4. The zero-order valence-corrected chi connectivity index (χ0v) is 9.73. The summed E-state index contributed by atoms with van der Waals surface area (Å²) >= 11 is 0. The molecule has 4 nitrogen and oxygen atoms in total. The van der Waals surface area contributed by atoms with Crippen LogP contribution in [0.15, 0.2) is 18.2 Å². The van der Waals surface area contributed by atoms with Crippen LogP contribution in [0.1, 0.15) is 13.8 Å². The molecule has 1 aliphatic rings. The Balaban J connectivity index is 2.43. The monoisotopic (exact) mass is 222 g/mol. The van der Waals surface area contributed by atoms with Crippen LogP contribution in [0.2, 0.25) is 0 Å². The van der Waals surface area contributed by atoms with Gasteiger partial charge in [-0.2, -0.15) is 0 Å². The van der Waals surface area contributed by atoms with Gasteiger partial charge in [-0.3, -0.25) is 0 Å². The summed E-state index contributed by atoms with van der Waals surface area (Å²) in [5.41, 5.74) is 7.29. The van der Waals surface area contributed by atoms with Gasteiger partial charge in [0, 0.05) is 6.54 Å². The standard InChI is InChI=1S/C12H18N2O2/c1-12(2)8-14(6-7-15)11-9(13)4-3-5-10(11)16-12/h3-5,15H,6-8,13H2,1-2H3. The average molecular weight is 222 g/mol. The Hall–Kier alpha value is -1.42. The highest BCUT2D eigenvalue weighted by Crippen LogP contribution is 2.40. The number of nitrogens with zero attached hydrogens (tertiary/aromatic N) is 1. The lowest BCUT2D eigenvalue weighted by Crippen LogP contribution is -2.48. The molecule has 4 heteroatoms. The van der Waals surface area contributed by atoms with E-state index in [9.17, 15) is 0 Å². The lowest BCUT2D eigenvalue weighted by atomic mass is 10.0. The molecule has 0 unspecified atom stereocenters. The number of ether oxygens (including phenoxy) is 1. The van der Waals surface area contributed by atoms with Crippen LogP contribution in [0.5, 0.6) is 5.75 Å². The van der Waals surface area contributed by atoms with Gasteiger partial charge in [0.2, 0.25) is 0 Å². The van der Waals surface area contributed by atoms with Crippen molar-refractivity contribution in [3.05, 3.63) is 18.2 Å². The normalized spacial score (nSPS) is 17.8. The van der Waals surface area contributed by atoms with Gasteiger partial charge in [-0.1, -0.05) is 6.07 Å². The summed E-state index contributed by atoms with van der Waals surface area (Å²) in [6.07, 6.45) is 0. The van der Waals surface area contributed by atoms with E-state index in [4.69, 9.17) is 15.6 Å². The van der Waals surface area contributed by atoms with E-state index in [0.29, 0.717) is 12.2 Å². The molecule has 0 spiro atoms. The number of hydrogen-bond donors (Lipinski definition) is 2. The lowest BCUT2D eigenvalue weighted by molar-refractivity contribution is 0.103. The molecular weight excluding hydrogens is 204 g/mol. The van der Waals surface area contributed by atoms with Gasteiger partial charge in [0.15, 0.2) is 0 Å². The summed E-state index contributed by atoms with van der Waals surface area (Å²) in [5, 5.41) is 9.08. The van der Waals surface area contributed by atoms with E-state index in [1.807, 2.05) is 32.0 Å². The Morgan fingerprint density at radius 3 is 2.94 bits per heavy atom. The van der Waals surface area contributed by atoms with Crippen molar-refractivity contribution >= 4 is 11.4 Å². The third-order valence-corrected chi connectivity index (χ3v) is 2.67. The highest BCUT2D eigenvalue weighted by Gasteiger charge is 2.32. The zero-order chi connectivity index (χ0) is 11.8. The fourth-order valence-corrected chi connectivity index (χ4v) is 2.14. The quantitative estimate of drug-likeness (QED) is 0.739. The van der Waals surface area contributed by atoms with Gasteiger partial charge in [-0.25, -0.2) is 0 Å². The van der Waals surface area contributed by atoms with E-state index >= 15 is 0 Å². The van der Waals surface area contributed by atoms with Crippen LogP contribution < -0.4 is 15.4 Å². The largest absolute Gasteiger partial charge is 0.484 e. The smallest absolute Gasteiger partial charge is 0.145 e. The number of aliphatic hydroxyl groups excluding tert-OH is 1. The molecule has 1 aromatic carbocycles. The van der Waals surface area contributed by atoms with E-state index in [1.54, 1.807) is 0 Å². The van der Waals surface area contributed by atoms with Crippen molar-refractivity contribution in [2.75, 3.05) is 30.3 Å². The van der Waals surface area contributed by atoms with Crippen LogP contribution >= 0.6 is 0 Å². The fourth-order valence-electron chi connectivity index (χ4n) is 2.14. The number of fused-ring (bicyclic) bond motifs is 1. The first kappa shape index (κ1) is 11.1. The van der Waals surface area contributed by atoms with Crippen molar-refractivity contribution in [3.8, 4) is 5.75 Å². The number of aliphatic hydroxyl groups is 1. The average Bonchev–Trinajstić information content (AvgIpc) is 2.15. The summed E-state index contributed by atoms with van der Waals surface area (Å²) in [6, 6.07) is 5.65. The molecule has 1 aromatic rings. The summed E-state index contributed by atoms with van der Waals surface area (Å²) in [6.45, 7) is 5.49. The van der Waals surface area contributed by atoms with Gasteiger partial charge in [-0.05, 0) is 26.0 Å². The van der Waals surface area contributed by atoms with Gasteiger partial charge in [0.1, 0.15) is 17.0 Å². The molecule has 0 fully saturated rings. The third-order valence-electron chi connectivity index (χ3n) is 2.67. The van der Waals surface area contributed by atoms with Gasteiger partial charge < -0.3 is 20.5 Å². The number of nitrogen functional groups attached to an aromatic ring is 1. The van der Waals surface area contributed by atoms with Crippen LogP contribution in [0.4, 0.5) is 11.4 Å². The topological polar surface area (TPSA) is 58.7 Å². The van der Waals surface area contributed by atoms with Crippen molar-refractivity contribution in [1.82, 2.24) is 0 Å². The summed E-state index contributed by atoms with van der Waals surface area (Å²) in [7, 11) is 0. The van der Waals surface area contributed by atoms with Crippen LogP contribution in [0, 0.1) is 0 Å². The van der Waals surface area contributed by atoms with Gasteiger partial charge >= 0.3 is 0 Å². The molecule has 16 heavy (non-hydrogen) atoms. The summed E-state index contributed by atoms with van der Waals surface area (Å²) in [5.74, 6) is 0.796. The number of anilines is 2. The molecule has 0 amide bonds. The van der Waals surface area contributed by atoms with Gasteiger partial charge in [0.05, 0.1) is 18.8 Å². The minimum Gasteiger partial charge on any atom is -0.484 e. The lowest BCUT2D eigenvalue weighted by Gasteiger charge is -2.41. The Bertz CT molecular complexity index is 391. The Morgan fingerprint density at radius 2 is 2.25 bits per heavy atom. The Kier molecular flexibility index (Phi) is 2.68. The maximum absolute atomic E-state index is 9.08. The second kappa shape index (κ2) is 3.87. The molecule has 2 rings (SSSR count). The molecule has 1 aliphatic heterocycles. The van der Waals surface area contributed by atoms with Crippen LogP contribution in [-0.2, 0) is 0 Å². The molecule has 0 bridgehead atoms. The number of rotatable bonds is 2. The van der Waals surface area contributed by atoms with Gasteiger partial charge in [0.25, 0.3) is 0 Å². The number of benzene rings is 1. The van der Waals surface area contributed by atoms with Crippen molar-refractivity contribution in [2.45, 2.75) is 19.4 Å². The van der Waals surface area contributed by atoms with Crippen molar-refractivity contribution < 1.29 is 9.84 Å². The molecule has 1 heterocycles. The van der Waals surface area contributed by atoms with Crippen LogP contribution in [0.25, 0.3) is 0 Å². The Morgan fingerprint density at radius 1 is 1.50 bits per heavy atom. The highest BCUT2D eigenvalue weighted by molar-refractivity contribution is 5.76. The minimum atomic E-state index is -0.254. The predicted molar refractivity (Wildman–Crippen MR) is 64.9 cm³/mol. The van der Waals surface area contributed by atoms with Crippen molar-refractivity contribution in [3.63, 3.8) is 0 Å². The second-order valence-electron chi connectivity index (χ2n) is 4.70. The first-order valence-corrected chi connectivity index (χ1v) is 5.47. The zero-order valence-electron chi connectivity index (χ0n) is 9.73. The summed E-state index contributed by atoms with van der Waals surface area (Å²) < 4.78 is 5.87. The minimum absolute atomic E-state index is 0.115. The van der Waals surface area contributed by atoms with E-state index in [1.165, 1.54) is 0 Å². The maximum Gasteiger partial charge on any atom is 0.145 e. The van der Waals surface area contributed by atoms with E-state index in [2.05, 4.69) is 4.90 Å². The first-order chi connectivity index (χ1) is 7.53. The van der Waals surface area contributed by atoms with E-state index in [-0.39, 0.29) is 12.2 Å². The van der Waals surface area contributed by atoms with Crippen LogP contribution in [-0.4, -0.2) is 30.4 Å². The fraction of sp³-hybridized carbons (Fsp3) is 0.500. The predicted octanol–water partition coefficient (Wildman–Crippen LogP) is 1.24. The Labute approximate surface area is 95.6 Å². The number of nitrogens with two attached hydrogens (primary N) is 1. The number of β-amino-alcohol motifs (C(OH)–C–C–N with tert-alkyl or cyclic N) is 1. The van der Waals surface area contributed by atoms with Crippen molar-refractivity contribution in [2.24, 2.45) is 0 Å². The molecular formula is C12H18N2O2. The number of para-hydroxylation sites is 1. The molecule has 0 radical (unpaired) electrons. The molecule has 0 saturated heterocycles. The molecule has 88 valence electrons. The SMILES string of the molecule is CC1(C)CN(CCO)c2c(N)cccc2O1. The maximum atomic E-state index is 9.08. The first-order valence-electron chi connectivity index (χ1n) is 5.47. The van der Waals surface area contributed by atoms with E-state index in [0.717, 1.165) is 18.0 Å². The molecule has 0 aromatic heterocycles. The van der Waals surface area contributed by atoms with E-state index < -0.39 is 0 Å². The van der Waals surface area contributed by atoms with Crippen molar-refractivity contribution in [1.29, 1.82) is 0 Å². The third kappa shape index (κ3) is 1.93. The second-order valence-corrected chi connectivity index (χ2v) is 4.70. The summed E-state index contributed by atoms with van der Waals surface area (Å²) in [4.78, 5) is 2.08. The molecule has 0 atom stereocenters. The molecule has 3 N–H and O–H groups in total. The van der Waals surface area contributed by atoms with Gasteiger partial charge in [-0.15, -0.1) is 0 Å². The highest BCUT2D eigenvalue weighted by atomic mass is 16.5.